The van der Waals surface area contributed by atoms with Crippen LogP contribution in [0.4, 0.5) is 0 Å². The number of nitrogens with zero attached hydrogens (tertiary/aromatic N) is 2. The van der Waals surface area contributed by atoms with E-state index in [0.29, 0.717) is 11.0 Å². The Bertz CT molecular complexity index is 972. The van der Waals surface area contributed by atoms with E-state index in [-0.39, 0.29) is 6.61 Å². The Morgan fingerprint density at radius 3 is 2.32 bits per heavy atom. The summed E-state index contributed by atoms with van der Waals surface area (Å²) in [4.78, 5) is 44.2. The molecule has 31 heavy (non-hydrogen) atoms. The first-order valence-electron chi connectivity index (χ1n) is 8.90. The van der Waals surface area contributed by atoms with Crippen LogP contribution in [0.1, 0.15) is 6.23 Å². The van der Waals surface area contributed by atoms with Crippen molar-refractivity contribution in [2.45, 2.75) is 24.5 Å². The Balaban J connectivity index is 1.96. The molecule has 0 bridgehead atoms. The van der Waals surface area contributed by atoms with Crippen LogP contribution >= 0.6 is 15.6 Å². The maximum atomic E-state index is 12.0. The van der Waals surface area contributed by atoms with Crippen molar-refractivity contribution in [2.24, 2.45) is 0 Å². The van der Waals surface area contributed by atoms with E-state index in [9.17, 15) is 38.7 Å². The summed E-state index contributed by atoms with van der Waals surface area (Å²) in [5.74, 6) is 0. The van der Waals surface area contributed by atoms with Crippen molar-refractivity contribution in [3.05, 3.63) is 33.1 Å². The first-order valence-corrected chi connectivity index (χ1v) is 11.9. The monoisotopic (exact) mass is 490 g/mol. The van der Waals surface area contributed by atoms with Crippen molar-refractivity contribution < 1.29 is 51.7 Å². The van der Waals surface area contributed by atoms with Gasteiger partial charge in [-0.25, -0.2) is 13.9 Å². The van der Waals surface area contributed by atoms with Gasteiger partial charge in [0.2, 0.25) is 0 Å². The Kier molecular flexibility index (Phi) is 8.17. The number of phosphoric ester groups is 2. The number of aliphatic hydroxyl groups is 2. The fourth-order valence-corrected chi connectivity index (χ4v) is 4.57. The number of aromatic amines is 1. The Morgan fingerprint density at radius 2 is 1.74 bits per heavy atom. The van der Waals surface area contributed by atoms with E-state index in [1.165, 1.54) is 0 Å². The van der Waals surface area contributed by atoms with Gasteiger partial charge in [0.15, 0.2) is 6.23 Å². The lowest BCUT2D eigenvalue weighted by Gasteiger charge is -2.24. The van der Waals surface area contributed by atoms with E-state index in [1.54, 1.807) is 21.1 Å². The molecular weight excluding hydrogens is 464 g/mol. The lowest BCUT2D eigenvalue weighted by molar-refractivity contribution is -0.870. The van der Waals surface area contributed by atoms with Crippen molar-refractivity contribution in [2.75, 3.05) is 40.9 Å². The van der Waals surface area contributed by atoms with Crippen molar-refractivity contribution in [1.29, 1.82) is 0 Å². The van der Waals surface area contributed by atoms with E-state index < -0.39 is 58.0 Å². The van der Waals surface area contributed by atoms with Crippen molar-refractivity contribution in [3.8, 4) is 0 Å². The molecule has 0 spiro atoms. The number of hydrogen-bond acceptors (Lipinski definition) is 10. The number of rotatable bonds is 10. The van der Waals surface area contributed by atoms with Crippen LogP contribution in [-0.2, 0) is 27.2 Å². The molecule has 2 rings (SSSR count). The number of nitrogens with one attached hydrogen (secondary N) is 1. The summed E-state index contributed by atoms with van der Waals surface area (Å²) in [5.41, 5.74) is -1.61. The van der Waals surface area contributed by atoms with Crippen LogP contribution in [0.3, 0.4) is 0 Å². The maximum Gasteiger partial charge on any atom is 0.481 e. The minimum Gasteiger partial charge on any atom is -0.387 e. The second-order valence-corrected chi connectivity index (χ2v) is 10.8. The van der Waals surface area contributed by atoms with E-state index in [1.807, 2.05) is 4.98 Å². The van der Waals surface area contributed by atoms with Crippen LogP contribution in [0, 0.1) is 0 Å². The smallest absolute Gasteiger partial charge is 0.387 e. The molecule has 2 heterocycles. The fourth-order valence-electron chi connectivity index (χ4n) is 2.50. The number of aliphatic hydroxyl groups excluding tert-OH is 2. The summed E-state index contributed by atoms with van der Waals surface area (Å²) in [7, 11) is -4.69. The van der Waals surface area contributed by atoms with Crippen LogP contribution in [0.2, 0.25) is 0 Å². The third-order valence-corrected chi connectivity index (χ3v) is 6.72. The second-order valence-electron chi connectivity index (χ2n) is 7.73. The normalized spacial score (nSPS) is 28.2. The Hall–Kier alpha value is -1.22. The first kappa shape index (κ1) is 26.0. The average molecular weight is 490 g/mol. The van der Waals surface area contributed by atoms with Crippen LogP contribution in [0.5, 0.6) is 0 Å². The number of aromatic nitrogens is 2. The van der Waals surface area contributed by atoms with Crippen molar-refractivity contribution in [3.63, 3.8) is 0 Å². The average Bonchev–Trinajstić information content (AvgIpc) is 2.86. The molecule has 1 aliphatic heterocycles. The zero-order valence-electron chi connectivity index (χ0n) is 16.9. The number of quaternary nitrogens is 1. The molecule has 178 valence electrons. The maximum absolute atomic E-state index is 12.0. The van der Waals surface area contributed by atoms with Crippen molar-refractivity contribution >= 4 is 15.6 Å². The van der Waals surface area contributed by atoms with Crippen LogP contribution < -0.4 is 11.2 Å². The van der Waals surface area contributed by atoms with Crippen LogP contribution in [0.15, 0.2) is 21.9 Å². The minimum atomic E-state index is -5.13. The largest absolute Gasteiger partial charge is 0.481 e. The van der Waals surface area contributed by atoms with Gasteiger partial charge in [0.05, 0.1) is 27.7 Å². The molecule has 5 N–H and O–H groups in total. The van der Waals surface area contributed by atoms with Gasteiger partial charge in [-0.3, -0.25) is 23.4 Å². The molecule has 3 unspecified atom stereocenters. The van der Waals surface area contributed by atoms with Gasteiger partial charge in [0, 0.05) is 12.3 Å². The highest BCUT2D eigenvalue weighted by Crippen LogP contribution is 2.60. The fraction of sp³-hybridized carbons (Fsp3) is 0.714. The molecule has 15 nitrogen and oxygen atoms in total. The number of ether oxygens (including phenoxy) is 1. The molecule has 17 heteroatoms. The van der Waals surface area contributed by atoms with Gasteiger partial charge in [0.25, 0.3) is 5.56 Å². The lowest BCUT2D eigenvalue weighted by Crippen LogP contribution is -2.37. The van der Waals surface area contributed by atoms with E-state index >= 15 is 0 Å². The quantitative estimate of drug-likeness (QED) is 0.180. The number of likely N-dealkylation sites (N-methyl/N-ethyl adjacent to an activating group) is 1. The predicted molar refractivity (Wildman–Crippen MR) is 103 cm³/mol. The molecule has 1 aromatic heterocycles. The number of phosphoric acid groups is 2. The summed E-state index contributed by atoms with van der Waals surface area (Å²) in [5, 5.41) is 20.2. The summed E-state index contributed by atoms with van der Waals surface area (Å²) in [6.45, 7) is -0.793. The van der Waals surface area contributed by atoms with Gasteiger partial charge in [0.1, 0.15) is 31.5 Å². The van der Waals surface area contributed by atoms with Gasteiger partial charge in [-0.15, -0.1) is 0 Å². The van der Waals surface area contributed by atoms with E-state index in [0.717, 1.165) is 16.8 Å². The molecule has 0 amide bonds. The molecule has 1 aromatic rings. The second kappa shape index (κ2) is 9.73. The molecule has 6 atom stereocenters. The number of hydrogen-bond donors (Lipinski definition) is 5. The SMILES string of the molecule is C[N+](C)(C)CCOP(=O)(O)OP(=O)(O)OC[C@H]1O[C@@H](n2ccc(=O)[nH]c2=O)C(O)[C@H]1O. The summed E-state index contributed by atoms with van der Waals surface area (Å²) >= 11 is 0. The predicted octanol–water partition coefficient (Wildman–Crippen LogP) is -1.89. The van der Waals surface area contributed by atoms with Gasteiger partial charge in [-0.1, -0.05) is 0 Å². The Labute approximate surface area is 176 Å². The lowest BCUT2D eigenvalue weighted by atomic mass is 10.1. The molecule has 1 saturated heterocycles. The highest BCUT2D eigenvalue weighted by atomic mass is 31.3. The standard InChI is InChI=1S/C14H25N3O12P2/c1-17(2,3)6-7-26-30(22,23)29-31(24,25)27-8-9-11(19)12(20)13(28-9)16-5-4-10(18)15-14(16)21/h4-5,9,11-13,19-20H,6-8H2,1-3H3,(H2-,15,18,21,22,23,24,25)/p+1/t9-,11+,12?,13-/m1/s1. The zero-order chi connectivity index (χ0) is 23.6. The minimum absolute atomic E-state index is 0.247. The van der Waals surface area contributed by atoms with Gasteiger partial charge >= 0.3 is 21.3 Å². The summed E-state index contributed by atoms with van der Waals surface area (Å²) < 4.78 is 43.7. The number of H-pyrrole nitrogens is 1. The molecular formula is C14H26N3O12P2+. The summed E-state index contributed by atoms with van der Waals surface area (Å²) in [6.07, 6.45) is -5.14. The molecule has 1 aliphatic rings. The topological polar surface area (TPSA) is 207 Å². The Morgan fingerprint density at radius 1 is 1.13 bits per heavy atom. The van der Waals surface area contributed by atoms with E-state index in [2.05, 4.69) is 13.4 Å². The zero-order valence-corrected chi connectivity index (χ0v) is 18.7. The molecule has 0 aromatic carbocycles. The summed E-state index contributed by atoms with van der Waals surface area (Å²) in [6, 6.07) is 0.987. The van der Waals surface area contributed by atoms with E-state index in [4.69, 9.17) is 4.74 Å². The first-order chi connectivity index (χ1) is 14.1. The molecule has 0 radical (unpaired) electrons. The molecule has 0 saturated carbocycles. The van der Waals surface area contributed by atoms with Gasteiger partial charge in [-0.05, 0) is 0 Å². The third-order valence-electron chi connectivity index (χ3n) is 4.09. The van der Waals surface area contributed by atoms with Gasteiger partial charge in [-0.2, -0.15) is 4.31 Å². The van der Waals surface area contributed by atoms with Gasteiger partial charge < -0.3 is 29.2 Å². The molecule has 0 aliphatic carbocycles. The molecule has 1 fully saturated rings. The third kappa shape index (κ3) is 7.70. The highest BCUT2D eigenvalue weighted by molar-refractivity contribution is 7.61. The van der Waals surface area contributed by atoms with Crippen LogP contribution in [0.25, 0.3) is 0 Å². The van der Waals surface area contributed by atoms with Crippen LogP contribution in [-0.4, -0.2) is 93.2 Å². The van der Waals surface area contributed by atoms with Crippen molar-refractivity contribution in [1.82, 2.24) is 9.55 Å². The highest BCUT2D eigenvalue weighted by Gasteiger charge is 2.46.